The monoisotopic (exact) mass is 372 g/mol. The van der Waals surface area contributed by atoms with Crippen molar-refractivity contribution in [3.05, 3.63) is 24.3 Å². The average Bonchev–Trinajstić information content (AvgIpc) is 1.92. The molecule has 0 fully saturated rings. The predicted molar refractivity (Wildman–Crippen MR) is 49.4 cm³/mol. The maximum Gasteiger partial charge on any atom is 1.00 e. The third-order valence-corrected chi connectivity index (χ3v) is 0.996. The zero-order valence-corrected chi connectivity index (χ0v) is 14.1. The van der Waals surface area contributed by atoms with E-state index in [2.05, 4.69) is 0 Å². The van der Waals surface area contributed by atoms with Crippen LogP contribution in [0.3, 0.4) is 0 Å². The van der Waals surface area contributed by atoms with Gasteiger partial charge in [-0.15, -0.1) is 0 Å². The molecule has 0 bridgehead atoms. The Kier molecular flexibility index (Phi) is 14.6. The molecule has 0 aliphatic carbocycles. The van der Waals surface area contributed by atoms with Gasteiger partial charge in [0.1, 0.15) is 0 Å². The molecular formula is C6H10IKN2O4S. The quantitative estimate of drug-likeness (QED) is 0.156. The van der Waals surface area contributed by atoms with Crippen LogP contribution in [0.25, 0.3) is 0 Å². The average molecular weight is 372 g/mol. The summed E-state index contributed by atoms with van der Waals surface area (Å²) in [5.74, 6) is 0. The molecule has 9 heteroatoms. The smallest absolute Gasteiger partial charge is 1.00 e. The summed E-state index contributed by atoms with van der Waals surface area (Å²) in [4.78, 5) is 0. The second-order valence-corrected chi connectivity index (χ2v) is 2.97. The van der Waals surface area contributed by atoms with Gasteiger partial charge in [0.25, 0.3) is 0 Å². The summed E-state index contributed by atoms with van der Waals surface area (Å²) < 4.78 is 31.6. The van der Waals surface area contributed by atoms with E-state index in [9.17, 15) is 0 Å². The third-order valence-electron chi connectivity index (χ3n) is 0.996. The Labute approximate surface area is 148 Å². The van der Waals surface area contributed by atoms with E-state index in [-0.39, 0.29) is 75.4 Å². The molecule has 0 spiro atoms. The molecule has 0 atom stereocenters. The van der Waals surface area contributed by atoms with Gasteiger partial charge in [-0.2, -0.15) is 8.42 Å². The van der Waals surface area contributed by atoms with Gasteiger partial charge in [-0.1, -0.05) is 12.1 Å². The predicted octanol–water partition coefficient (Wildman–Crippen LogP) is -5.79. The molecule has 1 aromatic rings. The van der Waals surface area contributed by atoms with Gasteiger partial charge in [0.05, 0.1) is 11.4 Å². The first kappa shape index (κ1) is 21.4. The van der Waals surface area contributed by atoms with Gasteiger partial charge < -0.3 is 35.4 Å². The minimum Gasteiger partial charge on any atom is -1.00 e. The summed E-state index contributed by atoms with van der Waals surface area (Å²) >= 11 is 0. The van der Waals surface area contributed by atoms with Crippen molar-refractivity contribution in [1.29, 1.82) is 0 Å². The second-order valence-electron chi connectivity index (χ2n) is 2.08. The maximum atomic E-state index is 8.74. The molecule has 82 valence electrons. The molecule has 0 unspecified atom stereocenters. The largest absolute Gasteiger partial charge is 1.00 e. The minimum absolute atomic E-state index is 0. The Balaban J connectivity index is -0.000000185. The van der Waals surface area contributed by atoms with E-state index < -0.39 is 10.4 Å². The van der Waals surface area contributed by atoms with Crippen molar-refractivity contribution in [2.24, 2.45) is 0 Å². The van der Waals surface area contributed by atoms with Gasteiger partial charge in [-0.25, -0.2) is 0 Å². The maximum absolute atomic E-state index is 8.74. The Hall–Kier alpha value is 1.06. The van der Waals surface area contributed by atoms with E-state index >= 15 is 0 Å². The number of rotatable bonds is 0. The van der Waals surface area contributed by atoms with Crippen LogP contribution in [0, 0.1) is 0 Å². The molecule has 0 radical (unpaired) electrons. The van der Waals surface area contributed by atoms with Crippen molar-refractivity contribution in [2.75, 3.05) is 11.5 Å². The van der Waals surface area contributed by atoms with E-state index in [0.717, 1.165) is 0 Å². The fourth-order valence-corrected chi connectivity index (χ4v) is 0.511. The standard InChI is InChI=1S/C6H8N2.HI.K.H2O4S/c7-5-3-1-2-4-6(5)8;;;1-5(2,3)4/h1-4H,7-8H2;1H;;(H2,1,2,3,4)/q;;+1;/p-1. The molecule has 0 heterocycles. The second kappa shape index (κ2) is 10.2. The number of benzene rings is 1. The van der Waals surface area contributed by atoms with Gasteiger partial charge in [-0.05, 0) is 12.1 Å². The number of hydrogen-bond acceptors (Lipinski definition) is 4. The van der Waals surface area contributed by atoms with Crippen molar-refractivity contribution >= 4 is 21.8 Å². The van der Waals surface area contributed by atoms with Crippen LogP contribution in [-0.4, -0.2) is 17.5 Å². The molecule has 6 nitrogen and oxygen atoms in total. The first-order chi connectivity index (χ1) is 5.80. The molecule has 1 rings (SSSR count). The van der Waals surface area contributed by atoms with E-state index in [4.69, 9.17) is 29.0 Å². The van der Waals surface area contributed by atoms with E-state index in [0.29, 0.717) is 11.4 Å². The zero-order valence-electron chi connectivity index (χ0n) is 7.96. The van der Waals surface area contributed by atoms with Crippen LogP contribution in [0.15, 0.2) is 24.3 Å². The molecule has 0 aliphatic rings. The molecule has 6 N–H and O–H groups in total. The van der Waals surface area contributed by atoms with Gasteiger partial charge in [-0.3, -0.25) is 9.11 Å². The van der Waals surface area contributed by atoms with Crippen LogP contribution in [0.4, 0.5) is 11.4 Å². The number of para-hydroxylation sites is 2. The fraction of sp³-hybridized carbons (Fsp3) is 0. The minimum atomic E-state index is -4.67. The molecule has 0 aliphatic heterocycles. The van der Waals surface area contributed by atoms with Crippen LogP contribution in [-0.2, 0) is 10.4 Å². The molecular weight excluding hydrogens is 362 g/mol. The molecule has 15 heavy (non-hydrogen) atoms. The van der Waals surface area contributed by atoms with E-state index in [1.54, 1.807) is 12.1 Å². The number of nitrogens with two attached hydrogens (primary N) is 2. The molecule has 0 amide bonds. The summed E-state index contributed by atoms with van der Waals surface area (Å²) in [6, 6.07) is 7.25. The van der Waals surface area contributed by atoms with Gasteiger partial charge in [0.15, 0.2) is 0 Å². The summed E-state index contributed by atoms with van der Waals surface area (Å²) in [5.41, 5.74) is 12.1. The fourth-order valence-electron chi connectivity index (χ4n) is 0.511. The summed E-state index contributed by atoms with van der Waals surface area (Å²) in [6.45, 7) is 0. The SMILES string of the molecule is Nc1ccccc1N.O=S(=O)(O)O.[I-].[K+]. The number of halogens is 1. The van der Waals surface area contributed by atoms with Crippen molar-refractivity contribution in [3.8, 4) is 0 Å². The molecule has 0 saturated heterocycles. The van der Waals surface area contributed by atoms with Crippen molar-refractivity contribution in [2.45, 2.75) is 0 Å². The van der Waals surface area contributed by atoms with E-state index in [1.165, 1.54) is 0 Å². The molecule has 0 aromatic heterocycles. The normalized spacial score (nSPS) is 8.67. The summed E-state index contributed by atoms with van der Waals surface area (Å²) in [5, 5.41) is 0. The molecule has 1 aromatic carbocycles. The topological polar surface area (TPSA) is 127 Å². The third kappa shape index (κ3) is 17.7. The first-order valence-corrected chi connectivity index (χ1v) is 4.50. The number of nitrogen functional groups attached to an aromatic ring is 2. The Morgan fingerprint density at radius 2 is 1.20 bits per heavy atom. The Morgan fingerprint density at radius 1 is 1.00 bits per heavy atom. The van der Waals surface area contributed by atoms with Crippen LogP contribution < -0.4 is 86.8 Å². The van der Waals surface area contributed by atoms with Crippen LogP contribution in [0.5, 0.6) is 0 Å². The van der Waals surface area contributed by atoms with Crippen molar-refractivity contribution in [3.63, 3.8) is 0 Å². The Bertz CT molecular complexity index is 344. The summed E-state index contributed by atoms with van der Waals surface area (Å²) in [7, 11) is -4.67. The number of hydrogen-bond donors (Lipinski definition) is 4. The van der Waals surface area contributed by atoms with Gasteiger partial charge >= 0.3 is 61.8 Å². The van der Waals surface area contributed by atoms with Crippen molar-refractivity contribution < 1.29 is 92.9 Å². The molecule has 0 saturated carbocycles. The van der Waals surface area contributed by atoms with Gasteiger partial charge in [0, 0.05) is 0 Å². The number of anilines is 2. The van der Waals surface area contributed by atoms with E-state index in [1.807, 2.05) is 12.1 Å². The van der Waals surface area contributed by atoms with Crippen LogP contribution >= 0.6 is 0 Å². The zero-order chi connectivity index (χ0) is 10.5. The van der Waals surface area contributed by atoms with Crippen LogP contribution in [0.2, 0.25) is 0 Å². The van der Waals surface area contributed by atoms with Crippen LogP contribution in [0.1, 0.15) is 0 Å². The first-order valence-electron chi connectivity index (χ1n) is 3.10. The van der Waals surface area contributed by atoms with Gasteiger partial charge in [0.2, 0.25) is 0 Å². The summed E-state index contributed by atoms with van der Waals surface area (Å²) in [6.07, 6.45) is 0. The Morgan fingerprint density at radius 3 is 1.33 bits per heavy atom. The van der Waals surface area contributed by atoms with Crippen molar-refractivity contribution in [1.82, 2.24) is 0 Å².